The quantitative estimate of drug-likeness (QED) is 0.907. The van der Waals surface area contributed by atoms with Crippen molar-refractivity contribution in [2.24, 2.45) is 0 Å². The zero-order valence-corrected chi connectivity index (χ0v) is 12.8. The minimum Gasteiger partial charge on any atom is -0.496 e. The molecule has 1 aliphatic heterocycles. The van der Waals surface area contributed by atoms with Gasteiger partial charge in [0, 0.05) is 29.3 Å². The number of ether oxygens (including phenoxy) is 3. The molecule has 0 bridgehead atoms. The Morgan fingerprint density at radius 3 is 2.67 bits per heavy atom. The zero-order valence-electron chi connectivity index (χ0n) is 11.3. The van der Waals surface area contributed by atoms with Crippen molar-refractivity contribution in [1.82, 2.24) is 0 Å². The van der Waals surface area contributed by atoms with Crippen LogP contribution in [0.25, 0.3) is 0 Å². The van der Waals surface area contributed by atoms with Gasteiger partial charge in [-0.05, 0) is 18.2 Å². The molecule has 6 heteroatoms. The van der Waals surface area contributed by atoms with Gasteiger partial charge in [0.1, 0.15) is 5.75 Å². The Kier molecular flexibility index (Phi) is 3.99. The predicted molar refractivity (Wildman–Crippen MR) is 82.9 cm³/mol. The van der Waals surface area contributed by atoms with Crippen molar-refractivity contribution < 1.29 is 14.2 Å². The molecule has 1 aliphatic rings. The van der Waals surface area contributed by atoms with Crippen molar-refractivity contribution in [2.75, 3.05) is 19.2 Å². The molecule has 21 heavy (non-hydrogen) atoms. The number of methoxy groups -OCH3 is 1. The molecular formula is C15H13Cl2NO3. The van der Waals surface area contributed by atoms with Crippen LogP contribution in [0.4, 0.5) is 5.69 Å². The van der Waals surface area contributed by atoms with Gasteiger partial charge in [-0.2, -0.15) is 0 Å². The van der Waals surface area contributed by atoms with Crippen LogP contribution < -0.4 is 19.5 Å². The first kappa shape index (κ1) is 14.2. The first-order valence-electron chi connectivity index (χ1n) is 6.33. The number of fused-ring (bicyclic) bond motifs is 1. The van der Waals surface area contributed by atoms with E-state index in [4.69, 9.17) is 37.4 Å². The molecule has 4 nitrogen and oxygen atoms in total. The molecule has 0 unspecified atom stereocenters. The fraction of sp³-hybridized carbons (Fsp3) is 0.200. The van der Waals surface area contributed by atoms with Gasteiger partial charge in [-0.3, -0.25) is 0 Å². The third-order valence-electron chi connectivity index (χ3n) is 3.17. The van der Waals surface area contributed by atoms with E-state index in [1.54, 1.807) is 19.2 Å². The van der Waals surface area contributed by atoms with Gasteiger partial charge in [0.05, 0.1) is 17.8 Å². The summed E-state index contributed by atoms with van der Waals surface area (Å²) in [6.07, 6.45) is 0. The molecule has 0 saturated heterocycles. The largest absolute Gasteiger partial charge is 0.496 e. The van der Waals surface area contributed by atoms with Crippen LogP contribution in [0, 0.1) is 0 Å². The van der Waals surface area contributed by atoms with Gasteiger partial charge in [0.25, 0.3) is 0 Å². The predicted octanol–water partition coefficient (Wildman–Crippen LogP) is 4.34. The third kappa shape index (κ3) is 2.96. The van der Waals surface area contributed by atoms with E-state index < -0.39 is 0 Å². The molecule has 0 atom stereocenters. The summed E-state index contributed by atoms with van der Waals surface area (Å²) in [7, 11) is 1.63. The Bertz CT molecular complexity index is 676. The number of rotatable bonds is 4. The van der Waals surface area contributed by atoms with Crippen LogP contribution in [0.1, 0.15) is 5.56 Å². The summed E-state index contributed by atoms with van der Waals surface area (Å²) in [5.41, 5.74) is 1.71. The van der Waals surface area contributed by atoms with Gasteiger partial charge < -0.3 is 19.5 Å². The molecule has 3 rings (SSSR count). The van der Waals surface area contributed by atoms with E-state index in [2.05, 4.69) is 5.32 Å². The standard InChI is InChI=1S/C15H13Cl2NO3/c1-19-13-3-2-10(16)4-9(13)7-18-12-6-15-14(5-11(12)17)20-8-21-15/h2-6,18H,7-8H2,1H3. The molecule has 110 valence electrons. The molecule has 1 heterocycles. The van der Waals surface area contributed by atoms with E-state index >= 15 is 0 Å². The summed E-state index contributed by atoms with van der Waals surface area (Å²) in [5, 5.41) is 4.48. The molecule has 1 N–H and O–H groups in total. The van der Waals surface area contributed by atoms with Crippen LogP contribution in [-0.2, 0) is 6.54 Å². The average molecular weight is 326 g/mol. The Morgan fingerprint density at radius 1 is 1.14 bits per heavy atom. The number of hydrogen-bond donors (Lipinski definition) is 1. The van der Waals surface area contributed by atoms with Crippen LogP contribution in [0.5, 0.6) is 17.2 Å². The van der Waals surface area contributed by atoms with Crippen LogP contribution in [0.2, 0.25) is 10.0 Å². The lowest BCUT2D eigenvalue weighted by Gasteiger charge is -2.12. The average Bonchev–Trinajstić information content (AvgIpc) is 2.92. The summed E-state index contributed by atoms with van der Waals surface area (Å²) < 4.78 is 15.9. The van der Waals surface area contributed by atoms with Crippen molar-refractivity contribution >= 4 is 28.9 Å². The first-order chi connectivity index (χ1) is 10.2. The molecule has 2 aromatic carbocycles. The number of anilines is 1. The Hall–Kier alpha value is -1.78. The van der Waals surface area contributed by atoms with Crippen LogP contribution >= 0.6 is 23.2 Å². The second kappa shape index (κ2) is 5.92. The highest BCUT2D eigenvalue weighted by molar-refractivity contribution is 6.33. The summed E-state index contributed by atoms with van der Waals surface area (Å²) in [6.45, 7) is 0.750. The smallest absolute Gasteiger partial charge is 0.231 e. The van der Waals surface area contributed by atoms with E-state index in [9.17, 15) is 0 Å². The molecule has 2 aromatic rings. The van der Waals surface area contributed by atoms with Gasteiger partial charge in [-0.15, -0.1) is 0 Å². The summed E-state index contributed by atoms with van der Waals surface area (Å²) in [6, 6.07) is 9.04. The maximum atomic E-state index is 6.22. The van der Waals surface area contributed by atoms with Crippen molar-refractivity contribution in [3.8, 4) is 17.2 Å². The second-order valence-corrected chi connectivity index (χ2v) is 5.34. The van der Waals surface area contributed by atoms with Gasteiger partial charge in [0.15, 0.2) is 11.5 Å². The summed E-state index contributed by atoms with van der Waals surface area (Å²) in [5.74, 6) is 2.11. The molecule has 0 radical (unpaired) electrons. The topological polar surface area (TPSA) is 39.7 Å². The van der Waals surface area contributed by atoms with E-state index in [1.807, 2.05) is 18.2 Å². The molecule has 0 aliphatic carbocycles. The lowest BCUT2D eigenvalue weighted by molar-refractivity contribution is 0.174. The third-order valence-corrected chi connectivity index (χ3v) is 3.72. The van der Waals surface area contributed by atoms with Crippen LogP contribution in [-0.4, -0.2) is 13.9 Å². The second-order valence-electron chi connectivity index (χ2n) is 4.50. The highest BCUT2D eigenvalue weighted by atomic mass is 35.5. The van der Waals surface area contributed by atoms with Crippen LogP contribution in [0.15, 0.2) is 30.3 Å². The summed E-state index contributed by atoms with van der Waals surface area (Å²) in [4.78, 5) is 0. The first-order valence-corrected chi connectivity index (χ1v) is 7.08. The molecule has 0 fully saturated rings. The fourth-order valence-electron chi connectivity index (χ4n) is 2.13. The highest BCUT2D eigenvalue weighted by Gasteiger charge is 2.16. The zero-order chi connectivity index (χ0) is 14.8. The number of nitrogens with one attached hydrogen (secondary N) is 1. The molecule has 0 spiro atoms. The number of benzene rings is 2. The van der Waals surface area contributed by atoms with Gasteiger partial charge in [-0.1, -0.05) is 23.2 Å². The lowest BCUT2D eigenvalue weighted by atomic mass is 10.2. The van der Waals surface area contributed by atoms with E-state index in [0.29, 0.717) is 28.1 Å². The normalized spacial score (nSPS) is 12.3. The van der Waals surface area contributed by atoms with Gasteiger partial charge in [0.2, 0.25) is 6.79 Å². The van der Waals surface area contributed by atoms with Gasteiger partial charge >= 0.3 is 0 Å². The number of hydrogen-bond acceptors (Lipinski definition) is 4. The minimum atomic E-state index is 0.219. The van der Waals surface area contributed by atoms with Crippen molar-refractivity contribution in [1.29, 1.82) is 0 Å². The van der Waals surface area contributed by atoms with Crippen molar-refractivity contribution in [2.45, 2.75) is 6.54 Å². The summed E-state index contributed by atoms with van der Waals surface area (Å²) >= 11 is 12.2. The minimum absolute atomic E-state index is 0.219. The maximum Gasteiger partial charge on any atom is 0.231 e. The van der Waals surface area contributed by atoms with E-state index in [-0.39, 0.29) is 6.79 Å². The van der Waals surface area contributed by atoms with Crippen LogP contribution in [0.3, 0.4) is 0 Å². The van der Waals surface area contributed by atoms with E-state index in [1.165, 1.54) is 0 Å². The monoisotopic (exact) mass is 325 g/mol. The fourth-order valence-corrected chi connectivity index (χ4v) is 2.54. The molecular weight excluding hydrogens is 313 g/mol. The number of halogens is 2. The molecule has 0 amide bonds. The Labute approximate surface area is 132 Å². The lowest BCUT2D eigenvalue weighted by Crippen LogP contribution is -2.02. The molecule has 0 aromatic heterocycles. The van der Waals surface area contributed by atoms with Gasteiger partial charge in [-0.25, -0.2) is 0 Å². The van der Waals surface area contributed by atoms with Crippen molar-refractivity contribution in [3.63, 3.8) is 0 Å². The Balaban J connectivity index is 1.81. The Morgan fingerprint density at radius 2 is 1.90 bits per heavy atom. The molecule has 0 saturated carbocycles. The maximum absolute atomic E-state index is 6.22. The van der Waals surface area contributed by atoms with Crippen molar-refractivity contribution in [3.05, 3.63) is 45.9 Å². The van der Waals surface area contributed by atoms with E-state index in [0.717, 1.165) is 17.0 Å². The highest BCUT2D eigenvalue weighted by Crippen LogP contribution is 2.39. The SMILES string of the molecule is COc1ccc(Cl)cc1CNc1cc2c(cc1Cl)OCO2.